The molecule has 0 N–H and O–H groups in total. The summed E-state index contributed by atoms with van der Waals surface area (Å²) in [5.74, 6) is -0.320. The number of aryl methyl sites for hydroxylation is 2. The van der Waals surface area contributed by atoms with Crippen molar-refractivity contribution in [3.8, 4) is 0 Å². The predicted octanol–water partition coefficient (Wildman–Crippen LogP) is 2.85. The monoisotopic (exact) mass is 269 g/mol. The maximum Gasteiger partial charge on any atom is 0.419 e. The first-order valence-electron chi connectivity index (χ1n) is 4.91. The SMILES string of the molecule is CCCc1cc(Br)c2oc(=O)n(C)c2c1. The number of oxazole rings is 1. The lowest BCUT2D eigenvalue weighted by molar-refractivity contribution is 0.527. The summed E-state index contributed by atoms with van der Waals surface area (Å²) >= 11 is 3.42. The Labute approximate surface area is 95.8 Å². The van der Waals surface area contributed by atoms with Gasteiger partial charge in [0.05, 0.1) is 9.99 Å². The molecule has 1 heterocycles. The van der Waals surface area contributed by atoms with Crippen LogP contribution in [0.25, 0.3) is 11.1 Å². The fraction of sp³-hybridized carbons (Fsp3) is 0.364. The van der Waals surface area contributed by atoms with E-state index in [0.29, 0.717) is 5.58 Å². The van der Waals surface area contributed by atoms with Crippen molar-refractivity contribution in [3.63, 3.8) is 0 Å². The molecule has 80 valence electrons. The van der Waals surface area contributed by atoms with E-state index in [9.17, 15) is 4.79 Å². The summed E-state index contributed by atoms with van der Waals surface area (Å²) in [5.41, 5.74) is 2.69. The summed E-state index contributed by atoms with van der Waals surface area (Å²) in [6, 6.07) is 4.02. The number of benzene rings is 1. The van der Waals surface area contributed by atoms with Crippen molar-refractivity contribution >= 4 is 27.0 Å². The highest BCUT2D eigenvalue weighted by atomic mass is 79.9. The molecule has 0 bridgehead atoms. The molecule has 2 rings (SSSR count). The van der Waals surface area contributed by atoms with Crippen LogP contribution in [0.1, 0.15) is 18.9 Å². The smallest absolute Gasteiger partial charge is 0.406 e. The highest BCUT2D eigenvalue weighted by Crippen LogP contribution is 2.25. The van der Waals surface area contributed by atoms with Crippen LogP contribution in [0.2, 0.25) is 0 Å². The number of nitrogens with zero attached hydrogens (tertiary/aromatic N) is 1. The van der Waals surface area contributed by atoms with Crippen LogP contribution in [0.15, 0.2) is 25.8 Å². The van der Waals surface area contributed by atoms with Gasteiger partial charge in [-0.15, -0.1) is 0 Å². The minimum Gasteiger partial charge on any atom is -0.406 e. The minimum absolute atomic E-state index is 0.320. The molecule has 0 radical (unpaired) electrons. The molecule has 3 nitrogen and oxygen atoms in total. The zero-order valence-electron chi connectivity index (χ0n) is 8.71. The molecule has 0 saturated carbocycles. The number of hydrogen-bond donors (Lipinski definition) is 0. The largest absolute Gasteiger partial charge is 0.419 e. The van der Waals surface area contributed by atoms with Crippen LogP contribution in [-0.2, 0) is 13.5 Å². The Morgan fingerprint density at radius 1 is 1.47 bits per heavy atom. The minimum atomic E-state index is -0.320. The predicted molar refractivity (Wildman–Crippen MR) is 63.2 cm³/mol. The van der Waals surface area contributed by atoms with Crippen molar-refractivity contribution in [2.75, 3.05) is 0 Å². The maximum atomic E-state index is 11.3. The van der Waals surface area contributed by atoms with Gasteiger partial charge in [-0.3, -0.25) is 4.57 Å². The van der Waals surface area contributed by atoms with Gasteiger partial charge in [-0.2, -0.15) is 0 Å². The van der Waals surface area contributed by atoms with Crippen LogP contribution in [0.3, 0.4) is 0 Å². The number of aromatic nitrogens is 1. The molecule has 0 unspecified atom stereocenters. The van der Waals surface area contributed by atoms with E-state index in [-0.39, 0.29) is 5.76 Å². The molecule has 0 amide bonds. The third kappa shape index (κ3) is 1.74. The van der Waals surface area contributed by atoms with E-state index < -0.39 is 0 Å². The Morgan fingerprint density at radius 3 is 2.87 bits per heavy atom. The molecule has 0 saturated heterocycles. The lowest BCUT2D eigenvalue weighted by atomic mass is 10.1. The summed E-state index contributed by atoms with van der Waals surface area (Å²) in [5, 5.41) is 0. The van der Waals surface area contributed by atoms with E-state index in [1.165, 1.54) is 10.1 Å². The van der Waals surface area contributed by atoms with Gasteiger partial charge in [0.1, 0.15) is 0 Å². The number of fused-ring (bicyclic) bond motifs is 1. The lowest BCUT2D eigenvalue weighted by Gasteiger charge is -2.01. The van der Waals surface area contributed by atoms with E-state index in [4.69, 9.17) is 4.42 Å². The van der Waals surface area contributed by atoms with E-state index in [0.717, 1.165) is 22.8 Å². The van der Waals surface area contributed by atoms with Gasteiger partial charge >= 0.3 is 5.76 Å². The molecule has 4 heteroatoms. The number of hydrogen-bond acceptors (Lipinski definition) is 2. The molecule has 0 spiro atoms. The van der Waals surface area contributed by atoms with Gasteiger partial charge in [0.25, 0.3) is 0 Å². The maximum absolute atomic E-state index is 11.3. The highest BCUT2D eigenvalue weighted by Gasteiger charge is 2.10. The molecule has 0 fully saturated rings. The molecule has 1 aromatic heterocycles. The molecule has 2 aromatic rings. The van der Waals surface area contributed by atoms with Crippen molar-refractivity contribution in [3.05, 3.63) is 32.7 Å². The Hall–Kier alpha value is -1.03. The fourth-order valence-corrected chi connectivity index (χ4v) is 2.25. The molecule has 0 atom stereocenters. The van der Waals surface area contributed by atoms with Crippen molar-refractivity contribution in [2.45, 2.75) is 19.8 Å². The van der Waals surface area contributed by atoms with E-state index in [1.807, 2.05) is 12.1 Å². The zero-order chi connectivity index (χ0) is 11.0. The molecule has 0 aliphatic rings. The molecule has 0 aliphatic carbocycles. The molecular weight excluding hydrogens is 258 g/mol. The molecular formula is C11H12BrNO2. The van der Waals surface area contributed by atoms with Crippen molar-refractivity contribution < 1.29 is 4.42 Å². The van der Waals surface area contributed by atoms with Gasteiger partial charge < -0.3 is 4.42 Å². The van der Waals surface area contributed by atoms with Gasteiger partial charge in [-0.25, -0.2) is 4.79 Å². The second-order valence-electron chi connectivity index (χ2n) is 3.60. The van der Waals surface area contributed by atoms with Gasteiger partial charge in [0, 0.05) is 7.05 Å². The summed E-state index contributed by atoms with van der Waals surface area (Å²) < 4.78 is 7.50. The first-order valence-corrected chi connectivity index (χ1v) is 5.70. The van der Waals surface area contributed by atoms with Gasteiger partial charge in [-0.1, -0.05) is 13.3 Å². The van der Waals surface area contributed by atoms with Gasteiger partial charge in [0.2, 0.25) is 0 Å². The van der Waals surface area contributed by atoms with Crippen molar-refractivity contribution in [2.24, 2.45) is 7.05 Å². The standard InChI is InChI=1S/C11H12BrNO2/c1-3-4-7-5-8(12)10-9(6-7)13(2)11(14)15-10/h5-6H,3-4H2,1-2H3. The molecule has 0 aliphatic heterocycles. The van der Waals surface area contributed by atoms with Crippen LogP contribution >= 0.6 is 15.9 Å². The van der Waals surface area contributed by atoms with E-state index in [1.54, 1.807) is 7.05 Å². The third-order valence-corrected chi connectivity index (χ3v) is 3.04. The van der Waals surface area contributed by atoms with E-state index >= 15 is 0 Å². The third-order valence-electron chi connectivity index (χ3n) is 2.45. The highest BCUT2D eigenvalue weighted by molar-refractivity contribution is 9.10. The summed E-state index contributed by atoms with van der Waals surface area (Å²) in [4.78, 5) is 11.3. The fourth-order valence-electron chi connectivity index (χ4n) is 1.67. The Balaban J connectivity index is 2.74. The molecule has 15 heavy (non-hydrogen) atoms. The van der Waals surface area contributed by atoms with E-state index in [2.05, 4.69) is 22.9 Å². The normalized spacial score (nSPS) is 11.1. The van der Waals surface area contributed by atoms with Crippen LogP contribution in [0.4, 0.5) is 0 Å². The average Bonchev–Trinajstić information content (AvgIpc) is 2.46. The zero-order valence-corrected chi connectivity index (χ0v) is 10.3. The first kappa shape index (κ1) is 10.5. The van der Waals surface area contributed by atoms with Crippen molar-refractivity contribution in [1.82, 2.24) is 4.57 Å². The Kier molecular flexibility index (Phi) is 2.69. The molecule has 1 aromatic carbocycles. The topological polar surface area (TPSA) is 35.1 Å². The lowest BCUT2D eigenvalue weighted by Crippen LogP contribution is -2.08. The Morgan fingerprint density at radius 2 is 2.20 bits per heavy atom. The quantitative estimate of drug-likeness (QED) is 0.841. The Bertz CT molecular complexity index is 553. The second-order valence-corrected chi connectivity index (χ2v) is 4.46. The first-order chi connectivity index (χ1) is 7.13. The van der Waals surface area contributed by atoms with Crippen LogP contribution < -0.4 is 5.76 Å². The number of halogens is 1. The number of rotatable bonds is 2. The summed E-state index contributed by atoms with van der Waals surface area (Å²) in [6.45, 7) is 2.13. The van der Waals surface area contributed by atoms with Crippen LogP contribution in [0, 0.1) is 0 Å². The van der Waals surface area contributed by atoms with Crippen LogP contribution in [-0.4, -0.2) is 4.57 Å². The van der Waals surface area contributed by atoms with Gasteiger partial charge in [-0.05, 0) is 40.0 Å². The summed E-state index contributed by atoms with van der Waals surface area (Å²) in [7, 11) is 1.72. The average molecular weight is 270 g/mol. The van der Waals surface area contributed by atoms with Crippen LogP contribution in [0.5, 0.6) is 0 Å². The second kappa shape index (κ2) is 3.85. The summed E-state index contributed by atoms with van der Waals surface area (Å²) in [6.07, 6.45) is 2.09. The van der Waals surface area contributed by atoms with Gasteiger partial charge in [0.15, 0.2) is 5.58 Å². The van der Waals surface area contributed by atoms with Crippen molar-refractivity contribution in [1.29, 1.82) is 0 Å².